The average molecular weight is 455 g/mol. The lowest BCUT2D eigenvalue weighted by Gasteiger charge is -2.26. The molecule has 9 heteroatoms. The van der Waals surface area contributed by atoms with Crippen LogP contribution in [-0.4, -0.2) is 32.0 Å². The Balaban J connectivity index is 1.34. The molecule has 8 nitrogen and oxygen atoms in total. The number of thioether (sulfide) groups is 1. The Labute approximate surface area is 192 Å². The molecule has 3 aromatic rings. The highest BCUT2D eigenvalue weighted by Gasteiger charge is 2.31. The van der Waals surface area contributed by atoms with Crippen LogP contribution < -0.4 is 10.1 Å². The summed E-state index contributed by atoms with van der Waals surface area (Å²) < 4.78 is 13.2. The Morgan fingerprint density at radius 3 is 2.81 bits per heavy atom. The smallest absolute Gasteiger partial charge is 0.239 e. The van der Waals surface area contributed by atoms with Gasteiger partial charge in [-0.3, -0.25) is 0 Å². The van der Waals surface area contributed by atoms with Gasteiger partial charge in [-0.05, 0) is 44.7 Å². The van der Waals surface area contributed by atoms with Gasteiger partial charge in [-0.15, -0.1) is 10.2 Å². The monoisotopic (exact) mass is 454 g/mol. The van der Waals surface area contributed by atoms with Crippen LogP contribution in [0.2, 0.25) is 0 Å². The van der Waals surface area contributed by atoms with Gasteiger partial charge in [0.1, 0.15) is 5.75 Å². The van der Waals surface area contributed by atoms with E-state index in [-0.39, 0.29) is 5.25 Å². The van der Waals surface area contributed by atoms with E-state index in [1.807, 2.05) is 24.3 Å². The Kier molecular flexibility index (Phi) is 6.34. The SMILES string of the molecule is COc1cccc(NCc2nnc(SC(C)c3nc(C4CC4)no3)n2C2CCCCC2)c1. The number of anilines is 1. The topological polar surface area (TPSA) is 90.9 Å². The van der Waals surface area contributed by atoms with E-state index in [0.717, 1.165) is 28.2 Å². The summed E-state index contributed by atoms with van der Waals surface area (Å²) in [4.78, 5) is 4.63. The van der Waals surface area contributed by atoms with Crippen molar-refractivity contribution < 1.29 is 9.26 Å². The third-order valence-corrected chi connectivity index (χ3v) is 7.27. The highest BCUT2D eigenvalue weighted by atomic mass is 32.2. The molecular weight excluding hydrogens is 424 g/mol. The quantitative estimate of drug-likeness (QED) is 0.423. The van der Waals surface area contributed by atoms with Gasteiger partial charge in [0.15, 0.2) is 16.8 Å². The van der Waals surface area contributed by atoms with Crippen molar-refractivity contribution in [1.29, 1.82) is 0 Å². The summed E-state index contributed by atoms with van der Waals surface area (Å²) in [6, 6.07) is 8.38. The number of nitrogens with one attached hydrogen (secondary N) is 1. The fourth-order valence-corrected chi connectivity index (χ4v) is 5.23. The third-order valence-electron chi connectivity index (χ3n) is 6.23. The molecule has 1 atom stereocenters. The maximum atomic E-state index is 5.56. The fourth-order valence-electron chi connectivity index (χ4n) is 4.26. The molecule has 2 fully saturated rings. The van der Waals surface area contributed by atoms with Crippen LogP contribution in [0.4, 0.5) is 5.69 Å². The predicted octanol–water partition coefficient (Wildman–Crippen LogP) is 5.52. The molecule has 0 aliphatic heterocycles. The first-order valence-electron chi connectivity index (χ1n) is 11.5. The van der Waals surface area contributed by atoms with E-state index in [0.29, 0.717) is 24.4 Å². The van der Waals surface area contributed by atoms with Crippen LogP contribution in [0, 0.1) is 0 Å². The molecule has 0 saturated heterocycles. The molecule has 0 amide bonds. The van der Waals surface area contributed by atoms with Gasteiger partial charge in [-0.1, -0.05) is 42.2 Å². The van der Waals surface area contributed by atoms with Gasteiger partial charge in [-0.25, -0.2) is 0 Å². The lowest BCUT2D eigenvalue weighted by Crippen LogP contribution is -2.18. The third kappa shape index (κ3) is 4.77. The van der Waals surface area contributed by atoms with E-state index < -0.39 is 0 Å². The molecule has 5 rings (SSSR count). The van der Waals surface area contributed by atoms with Crippen LogP contribution >= 0.6 is 11.8 Å². The number of rotatable bonds is 9. The van der Waals surface area contributed by atoms with Crippen molar-refractivity contribution in [2.75, 3.05) is 12.4 Å². The molecule has 2 saturated carbocycles. The molecule has 32 heavy (non-hydrogen) atoms. The second-order valence-corrected chi connectivity index (χ2v) is 9.98. The van der Waals surface area contributed by atoms with E-state index in [2.05, 4.69) is 37.1 Å². The first-order valence-corrected chi connectivity index (χ1v) is 12.4. The van der Waals surface area contributed by atoms with Gasteiger partial charge in [-0.2, -0.15) is 4.98 Å². The van der Waals surface area contributed by atoms with Crippen LogP contribution in [0.15, 0.2) is 33.9 Å². The maximum absolute atomic E-state index is 5.56. The Morgan fingerprint density at radius 2 is 2.03 bits per heavy atom. The highest BCUT2D eigenvalue weighted by molar-refractivity contribution is 7.99. The van der Waals surface area contributed by atoms with Crippen molar-refractivity contribution in [2.24, 2.45) is 0 Å². The van der Waals surface area contributed by atoms with Gasteiger partial charge < -0.3 is 19.1 Å². The number of ether oxygens (including phenoxy) is 1. The van der Waals surface area contributed by atoms with Crippen molar-refractivity contribution >= 4 is 17.4 Å². The van der Waals surface area contributed by atoms with Crippen LogP contribution in [-0.2, 0) is 6.54 Å². The number of nitrogens with zero attached hydrogens (tertiary/aromatic N) is 5. The summed E-state index contributed by atoms with van der Waals surface area (Å²) in [6.45, 7) is 2.71. The first kappa shape index (κ1) is 21.3. The zero-order chi connectivity index (χ0) is 21.9. The molecule has 2 aliphatic carbocycles. The van der Waals surface area contributed by atoms with Crippen molar-refractivity contribution in [3.8, 4) is 5.75 Å². The molecule has 1 aromatic carbocycles. The van der Waals surface area contributed by atoms with E-state index in [1.165, 1.54) is 44.9 Å². The molecule has 0 spiro atoms. The van der Waals surface area contributed by atoms with E-state index in [9.17, 15) is 0 Å². The minimum absolute atomic E-state index is 0.0285. The fraction of sp³-hybridized carbons (Fsp3) is 0.565. The van der Waals surface area contributed by atoms with Gasteiger partial charge in [0, 0.05) is 23.7 Å². The molecule has 0 bridgehead atoms. The second-order valence-electron chi connectivity index (χ2n) is 8.67. The minimum atomic E-state index is 0.0285. The highest BCUT2D eigenvalue weighted by Crippen LogP contribution is 2.41. The van der Waals surface area contributed by atoms with Crippen LogP contribution in [0.3, 0.4) is 0 Å². The van der Waals surface area contributed by atoms with Crippen LogP contribution in [0.5, 0.6) is 5.75 Å². The molecule has 170 valence electrons. The van der Waals surface area contributed by atoms with Gasteiger partial charge in [0.25, 0.3) is 0 Å². The van der Waals surface area contributed by atoms with Crippen molar-refractivity contribution in [2.45, 2.75) is 80.8 Å². The molecule has 2 aromatic heterocycles. The lowest BCUT2D eigenvalue weighted by atomic mass is 9.95. The first-order chi connectivity index (χ1) is 15.7. The molecule has 1 N–H and O–H groups in total. The van der Waals surface area contributed by atoms with Crippen molar-refractivity contribution in [3.63, 3.8) is 0 Å². The number of hydrogen-bond acceptors (Lipinski definition) is 8. The summed E-state index contributed by atoms with van der Waals surface area (Å²) in [7, 11) is 1.68. The van der Waals surface area contributed by atoms with E-state index in [1.54, 1.807) is 18.9 Å². The Morgan fingerprint density at radius 1 is 1.19 bits per heavy atom. The van der Waals surface area contributed by atoms with E-state index in [4.69, 9.17) is 9.26 Å². The number of hydrogen-bond donors (Lipinski definition) is 1. The summed E-state index contributed by atoms with van der Waals surface area (Å²) in [5.74, 6) is 3.80. The molecule has 2 heterocycles. The number of aromatic nitrogens is 5. The molecule has 0 radical (unpaired) electrons. The van der Waals surface area contributed by atoms with Gasteiger partial charge >= 0.3 is 0 Å². The Hall–Kier alpha value is -2.55. The standard InChI is InChI=1S/C23H30N6O2S/c1-15(22-25-21(28-31-22)16-11-12-16)32-23-27-26-20(29(23)18-8-4-3-5-9-18)14-24-17-7-6-10-19(13-17)30-2/h6-7,10,13,15-16,18,24H,3-5,8-9,11-12,14H2,1-2H3. The normalized spacial score (nSPS) is 17.9. The predicted molar refractivity (Wildman–Crippen MR) is 123 cm³/mol. The lowest BCUT2D eigenvalue weighted by molar-refractivity contribution is 0.329. The zero-order valence-corrected chi connectivity index (χ0v) is 19.5. The molecule has 2 aliphatic rings. The van der Waals surface area contributed by atoms with Gasteiger partial charge in [0.2, 0.25) is 5.89 Å². The van der Waals surface area contributed by atoms with E-state index >= 15 is 0 Å². The molecular formula is C23H30N6O2S. The maximum Gasteiger partial charge on any atom is 0.239 e. The van der Waals surface area contributed by atoms with Crippen molar-refractivity contribution in [1.82, 2.24) is 24.9 Å². The minimum Gasteiger partial charge on any atom is -0.497 e. The summed E-state index contributed by atoms with van der Waals surface area (Å²) >= 11 is 1.66. The largest absolute Gasteiger partial charge is 0.497 e. The average Bonchev–Trinajstić information content (AvgIpc) is 3.42. The summed E-state index contributed by atoms with van der Waals surface area (Å²) in [5, 5.41) is 17.8. The van der Waals surface area contributed by atoms with Crippen LogP contribution in [0.25, 0.3) is 0 Å². The van der Waals surface area contributed by atoms with Gasteiger partial charge in [0.05, 0.1) is 18.9 Å². The number of methoxy groups -OCH3 is 1. The summed E-state index contributed by atoms with van der Waals surface area (Å²) in [5.41, 5.74) is 1.00. The van der Waals surface area contributed by atoms with Crippen molar-refractivity contribution in [3.05, 3.63) is 41.8 Å². The Bertz CT molecular complexity index is 1040. The van der Waals surface area contributed by atoms with Crippen LogP contribution in [0.1, 0.15) is 86.6 Å². The second kappa shape index (κ2) is 9.52. The molecule has 1 unspecified atom stereocenters. The summed E-state index contributed by atoms with van der Waals surface area (Å²) in [6.07, 6.45) is 8.47. The number of benzene rings is 1. The zero-order valence-electron chi connectivity index (χ0n) is 18.7.